The van der Waals surface area contributed by atoms with Gasteiger partial charge in [-0.05, 0) is 43.4 Å². The Bertz CT molecular complexity index is 764. The fraction of sp³-hybridized carbons (Fsp3) is 0.550. The molecule has 1 atom stereocenters. The van der Waals surface area contributed by atoms with E-state index < -0.39 is 0 Å². The third-order valence-corrected chi connectivity index (χ3v) is 4.79. The summed E-state index contributed by atoms with van der Waals surface area (Å²) in [5.74, 6) is 0.940. The standard InChI is InChI=1S/C20H28N4O4/c1-3-15-7-6-8-16(13-15)21-20(25)24-10-5-4-9-17(24)19-22-18(28-23-19)14-27-12-11-26-2/h6-8,13,17H,3-5,9-12,14H2,1-2H3,(H,21,25). The number of likely N-dealkylation sites (tertiary alicyclic amines) is 1. The van der Waals surface area contributed by atoms with E-state index in [0.29, 0.717) is 31.5 Å². The molecule has 1 aliphatic rings. The number of aromatic nitrogens is 2. The molecule has 8 nitrogen and oxygen atoms in total. The van der Waals surface area contributed by atoms with Gasteiger partial charge in [0, 0.05) is 19.3 Å². The Morgan fingerprint density at radius 1 is 1.36 bits per heavy atom. The molecule has 1 N–H and O–H groups in total. The van der Waals surface area contributed by atoms with E-state index in [2.05, 4.69) is 28.4 Å². The van der Waals surface area contributed by atoms with Crippen molar-refractivity contribution in [2.75, 3.05) is 32.2 Å². The Kier molecular flexibility index (Phi) is 7.39. The van der Waals surface area contributed by atoms with Crippen LogP contribution < -0.4 is 5.32 Å². The third kappa shape index (κ3) is 5.30. The Morgan fingerprint density at radius 3 is 3.07 bits per heavy atom. The number of carbonyl (C=O) groups is 1. The quantitative estimate of drug-likeness (QED) is 0.696. The van der Waals surface area contributed by atoms with Gasteiger partial charge < -0.3 is 24.2 Å². The highest BCUT2D eigenvalue weighted by Crippen LogP contribution is 2.30. The van der Waals surface area contributed by atoms with Crippen LogP contribution in [0.25, 0.3) is 0 Å². The number of methoxy groups -OCH3 is 1. The summed E-state index contributed by atoms with van der Waals surface area (Å²) < 4.78 is 15.7. The number of anilines is 1. The number of carbonyl (C=O) groups excluding carboxylic acids is 1. The van der Waals surface area contributed by atoms with Crippen LogP contribution in [0.4, 0.5) is 10.5 Å². The summed E-state index contributed by atoms with van der Waals surface area (Å²) in [4.78, 5) is 19.1. The number of nitrogens with one attached hydrogen (secondary N) is 1. The van der Waals surface area contributed by atoms with Gasteiger partial charge in [-0.25, -0.2) is 4.79 Å². The van der Waals surface area contributed by atoms with Gasteiger partial charge in [-0.2, -0.15) is 4.98 Å². The molecule has 2 amide bonds. The number of hydrogen-bond acceptors (Lipinski definition) is 6. The SMILES string of the molecule is CCc1cccc(NC(=O)N2CCCCC2c2noc(COCCOC)n2)c1. The number of benzene rings is 1. The predicted molar refractivity (Wildman–Crippen MR) is 104 cm³/mol. The molecule has 28 heavy (non-hydrogen) atoms. The monoisotopic (exact) mass is 388 g/mol. The summed E-state index contributed by atoms with van der Waals surface area (Å²) in [6.07, 6.45) is 3.72. The Hall–Kier alpha value is -2.45. The lowest BCUT2D eigenvalue weighted by Gasteiger charge is -2.33. The normalized spacial score (nSPS) is 16.9. The highest BCUT2D eigenvalue weighted by molar-refractivity contribution is 5.89. The summed E-state index contributed by atoms with van der Waals surface area (Å²) in [5, 5.41) is 7.09. The minimum absolute atomic E-state index is 0.138. The summed E-state index contributed by atoms with van der Waals surface area (Å²) in [5.41, 5.74) is 1.98. The number of piperidine rings is 1. The first-order valence-corrected chi connectivity index (χ1v) is 9.77. The molecular weight excluding hydrogens is 360 g/mol. The molecular formula is C20H28N4O4. The lowest BCUT2D eigenvalue weighted by atomic mass is 10.0. The second-order valence-electron chi connectivity index (χ2n) is 6.78. The summed E-state index contributed by atoms with van der Waals surface area (Å²) in [6, 6.07) is 7.58. The molecule has 1 unspecified atom stereocenters. The molecule has 1 aromatic heterocycles. The summed E-state index contributed by atoms with van der Waals surface area (Å²) >= 11 is 0. The minimum atomic E-state index is -0.195. The smallest absolute Gasteiger partial charge is 0.322 e. The van der Waals surface area contributed by atoms with Gasteiger partial charge in [0.15, 0.2) is 5.82 Å². The highest BCUT2D eigenvalue weighted by atomic mass is 16.5. The van der Waals surface area contributed by atoms with E-state index in [0.717, 1.165) is 31.4 Å². The average molecular weight is 388 g/mol. The molecule has 0 radical (unpaired) electrons. The molecule has 2 heterocycles. The van der Waals surface area contributed by atoms with Crippen LogP contribution in [0.5, 0.6) is 0 Å². The van der Waals surface area contributed by atoms with Crippen LogP contribution in [0.2, 0.25) is 0 Å². The first-order valence-electron chi connectivity index (χ1n) is 9.77. The number of ether oxygens (including phenoxy) is 2. The molecule has 0 saturated carbocycles. The van der Waals surface area contributed by atoms with E-state index in [-0.39, 0.29) is 18.7 Å². The van der Waals surface area contributed by atoms with Gasteiger partial charge in [0.25, 0.3) is 5.89 Å². The number of aryl methyl sites for hydroxylation is 1. The molecule has 1 fully saturated rings. The number of urea groups is 1. The maximum absolute atomic E-state index is 12.9. The Balaban J connectivity index is 1.64. The van der Waals surface area contributed by atoms with Crippen LogP contribution in [0, 0.1) is 0 Å². The van der Waals surface area contributed by atoms with Gasteiger partial charge in [-0.1, -0.05) is 24.2 Å². The molecule has 0 bridgehead atoms. The van der Waals surface area contributed by atoms with Gasteiger partial charge in [0.1, 0.15) is 6.61 Å². The molecule has 1 aromatic carbocycles. The third-order valence-electron chi connectivity index (χ3n) is 4.79. The number of nitrogens with zero attached hydrogens (tertiary/aromatic N) is 3. The maximum atomic E-state index is 12.9. The highest BCUT2D eigenvalue weighted by Gasteiger charge is 2.31. The zero-order chi connectivity index (χ0) is 19.8. The summed E-state index contributed by atoms with van der Waals surface area (Å²) in [6.45, 7) is 3.96. The first-order chi connectivity index (χ1) is 13.7. The van der Waals surface area contributed by atoms with E-state index in [1.807, 2.05) is 18.2 Å². The van der Waals surface area contributed by atoms with Crippen LogP contribution in [-0.4, -0.2) is 47.9 Å². The van der Waals surface area contributed by atoms with Crippen molar-refractivity contribution in [2.45, 2.75) is 45.3 Å². The van der Waals surface area contributed by atoms with Crippen LogP contribution in [0.3, 0.4) is 0 Å². The second-order valence-corrected chi connectivity index (χ2v) is 6.78. The molecule has 1 aliphatic heterocycles. The molecule has 0 spiro atoms. The lowest BCUT2D eigenvalue weighted by Crippen LogP contribution is -2.41. The van der Waals surface area contributed by atoms with Crippen molar-refractivity contribution in [3.05, 3.63) is 41.5 Å². The number of amides is 2. The number of hydrogen-bond donors (Lipinski definition) is 1. The summed E-state index contributed by atoms with van der Waals surface area (Å²) in [7, 11) is 1.62. The van der Waals surface area contributed by atoms with Crippen molar-refractivity contribution in [3.8, 4) is 0 Å². The largest absolute Gasteiger partial charge is 0.382 e. The molecule has 2 aromatic rings. The predicted octanol–water partition coefficient (Wildman–Crippen LogP) is 3.55. The fourth-order valence-electron chi connectivity index (χ4n) is 3.27. The van der Waals surface area contributed by atoms with Crippen LogP contribution in [0.15, 0.2) is 28.8 Å². The fourth-order valence-corrected chi connectivity index (χ4v) is 3.27. The van der Waals surface area contributed by atoms with E-state index in [4.69, 9.17) is 14.0 Å². The zero-order valence-electron chi connectivity index (χ0n) is 16.5. The van der Waals surface area contributed by atoms with Crippen molar-refractivity contribution in [2.24, 2.45) is 0 Å². The Labute approximate surface area is 165 Å². The van der Waals surface area contributed by atoms with Crippen LogP contribution >= 0.6 is 0 Å². The molecule has 8 heteroatoms. The second kappa shape index (κ2) is 10.2. The zero-order valence-corrected chi connectivity index (χ0v) is 16.5. The topological polar surface area (TPSA) is 89.7 Å². The minimum Gasteiger partial charge on any atom is -0.382 e. The van der Waals surface area contributed by atoms with Gasteiger partial charge in [-0.15, -0.1) is 0 Å². The van der Waals surface area contributed by atoms with Crippen molar-refractivity contribution >= 4 is 11.7 Å². The Morgan fingerprint density at radius 2 is 2.25 bits per heavy atom. The number of rotatable bonds is 8. The van der Waals surface area contributed by atoms with E-state index in [1.54, 1.807) is 12.0 Å². The molecule has 152 valence electrons. The maximum Gasteiger partial charge on any atom is 0.322 e. The molecule has 0 aliphatic carbocycles. The van der Waals surface area contributed by atoms with Crippen molar-refractivity contribution in [1.29, 1.82) is 0 Å². The van der Waals surface area contributed by atoms with E-state index >= 15 is 0 Å². The van der Waals surface area contributed by atoms with Crippen LogP contribution in [0.1, 0.15) is 49.5 Å². The lowest BCUT2D eigenvalue weighted by molar-refractivity contribution is 0.0494. The van der Waals surface area contributed by atoms with E-state index in [9.17, 15) is 4.79 Å². The molecule has 3 rings (SSSR count). The van der Waals surface area contributed by atoms with Crippen molar-refractivity contribution in [1.82, 2.24) is 15.0 Å². The average Bonchev–Trinajstić information content (AvgIpc) is 3.20. The van der Waals surface area contributed by atoms with Gasteiger partial charge >= 0.3 is 6.03 Å². The van der Waals surface area contributed by atoms with Crippen LogP contribution in [-0.2, 0) is 22.5 Å². The first kappa shape index (κ1) is 20.3. The molecule has 1 saturated heterocycles. The van der Waals surface area contributed by atoms with Crippen molar-refractivity contribution < 1.29 is 18.8 Å². The van der Waals surface area contributed by atoms with E-state index in [1.165, 1.54) is 5.56 Å². The van der Waals surface area contributed by atoms with Gasteiger partial charge in [-0.3, -0.25) is 0 Å². The van der Waals surface area contributed by atoms with Crippen molar-refractivity contribution in [3.63, 3.8) is 0 Å². The van der Waals surface area contributed by atoms with Gasteiger partial charge in [0.05, 0.1) is 19.3 Å². The van der Waals surface area contributed by atoms with Gasteiger partial charge in [0.2, 0.25) is 0 Å².